The molecule has 3 rings (SSSR count). The summed E-state index contributed by atoms with van der Waals surface area (Å²) in [6.45, 7) is 6.08. The van der Waals surface area contributed by atoms with Gasteiger partial charge in [-0.3, -0.25) is 4.79 Å². The van der Waals surface area contributed by atoms with Crippen molar-refractivity contribution in [3.8, 4) is 0 Å². The van der Waals surface area contributed by atoms with Gasteiger partial charge >= 0.3 is 0 Å². The fourth-order valence-corrected chi connectivity index (χ4v) is 3.21. The molecule has 1 aromatic heterocycles. The van der Waals surface area contributed by atoms with Gasteiger partial charge in [0.15, 0.2) is 5.69 Å². The van der Waals surface area contributed by atoms with Gasteiger partial charge in [0.25, 0.3) is 5.91 Å². The van der Waals surface area contributed by atoms with Crippen LogP contribution in [0, 0.1) is 19.8 Å². The lowest BCUT2D eigenvalue weighted by atomic mass is 10.1. The van der Waals surface area contributed by atoms with Gasteiger partial charge in [0.1, 0.15) is 5.76 Å². The van der Waals surface area contributed by atoms with Gasteiger partial charge in [0, 0.05) is 25.3 Å². The number of rotatable bonds is 5. The first-order valence-corrected chi connectivity index (χ1v) is 8.25. The number of nitrogens with zero attached hydrogens (tertiary/aromatic N) is 2. The minimum atomic E-state index is -0.287. The Labute approximate surface area is 141 Å². The van der Waals surface area contributed by atoms with Crippen molar-refractivity contribution in [3.63, 3.8) is 0 Å². The van der Waals surface area contributed by atoms with Crippen molar-refractivity contribution in [2.45, 2.75) is 26.9 Å². The van der Waals surface area contributed by atoms with Crippen molar-refractivity contribution in [3.05, 3.63) is 46.8 Å². The van der Waals surface area contributed by atoms with E-state index in [1.165, 1.54) is 11.3 Å². The molecule has 1 aliphatic heterocycles. The second kappa shape index (κ2) is 7.05. The van der Waals surface area contributed by atoms with Crippen molar-refractivity contribution >= 4 is 11.6 Å². The number of benzene rings is 1. The lowest BCUT2D eigenvalue weighted by Crippen LogP contribution is -2.31. The van der Waals surface area contributed by atoms with Crippen LogP contribution in [0.5, 0.6) is 0 Å². The molecule has 2 heterocycles. The minimum Gasteiger partial charge on any atom is -0.391 e. The summed E-state index contributed by atoms with van der Waals surface area (Å²) < 4.78 is 4.99. The van der Waals surface area contributed by atoms with Crippen LogP contribution < -0.4 is 10.2 Å². The SMILES string of the molecule is Cc1ccccc1N1CC[C@H](CNC(=O)c2noc(C)c2CO)C1. The Balaban J connectivity index is 1.56. The molecule has 0 radical (unpaired) electrons. The Morgan fingerprint density at radius 2 is 2.21 bits per heavy atom. The molecule has 1 atom stereocenters. The van der Waals surface area contributed by atoms with E-state index >= 15 is 0 Å². The number of aliphatic hydroxyl groups is 1. The molecule has 2 aromatic rings. The predicted octanol–water partition coefficient (Wildman–Crippen LogP) is 2.04. The summed E-state index contributed by atoms with van der Waals surface area (Å²) in [4.78, 5) is 14.6. The zero-order valence-electron chi connectivity index (χ0n) is 14.1. The van der Waals surface area contributed by atoms with Gasteiger partial charge in [-0.25, -0.2) is 0 Å². The Bertz CT molecular complexity index is 726. The van der Waals surface area contributed by atoms with E-state index in [1.54, 1.807) is 6.92 Å². The third-order valence-corrected chi connectivity index (χ3v) is 4.65. The van der Waals surface area contributed by atoms with Crippen LogP contribution in [-0.4, -0.2) is 35.8 Å². The molecular formula is C18H23N3O3. The van der Waals surface area contributed by atoms with Crippen LogP contribution in [0.4, 0.5) is 5.69 Å². The number of amides is 1. The average Bonchev–Trinajstić information content (AvgIpc) is 3.19. The fourth-order valence-electron chi connectivity index (χ4n) is 3.21. The number of hydrogen-bond donors (Lipinski definition) is 2. The Morgan fingerprint density at radius 3 is 2.96 bits per heavy atom. The average molecular weight is 329 g/mol. The maximum atomic E-state index is 12.2. The molecule has 6 nitrogen and oxygen atoms in total. The molecular weight excluding hydrogens is 306 g/mol. The summed E-state index contributed by atoms with van der Waals surface area (Å²) in [5.41, 5.74) is 3.18. The third kappa shape index (κ3) is 3.28. The van der Waals surface area contributed by atoms with Gasteiger partial charge in [-0.05, 0) is 37.8 Å². The van der Waals surface area contributed by atoms with Crippen molar-refractivity contribution < 1.29 is 14.4 Å². The quantitative estimate of drug-likeness (QED) is 0.878. The number of para-hydroxylation sites is 1. The fraction of sp³-hybridized carbons (Fsp3) is 0.444. The summed E-state index contributed by atoms with van der Waals surface area (Å²) in [5.74, 6) is 0.596. The highest BCUT2D eigenvalue weighted by Gasteiger charge is 2.25. The van der Waals surface area contributed by atoms with Gasteiger partial charge in [-0.15, -0.1) is 0 Å². The molecule has 1 amide bonds. The zero-order valence-corrected chi connectivity index (χ0v) is 14.1. The first-order chi connectivity index (χ1) is 11.6. The number of anilines is 1. The highest BCUT2D eigenvalue weighted by Crippen LogP contribution is 2.26. The van der Waals surface area contributed by atoms with Crippen molar-refractivity contribution in [2.24, 2.45) is 5.92 Å². The van der Waals surface area contributed by atoms with Gasteiger partial charge < -0.3 is 19.8 Å². The summed E-state index contributed by atoms with van der Waals surface area (Å²) in [7, 11) is 0. The monoisotopic (exact) mass is 329 g/mol. The molecule has 0 saturated carbocycles. The largest absolute Gasteiger partial charge is 0.391 e. The Hall–Kier alpha value is -2.34. The molecule has 1 aliphatic rings. The van der Waals surface area contributed by atoms with Crippen LogP contribution in [0.1, 0.15) is 33.8 Å². The molecule has 0 bridgehead atoms. The number of carbonyl (C=O) groups is 1. The first kappa shape index (κ1) is 16.5. The van der Waals surface area contributed by atoms with Crippen molar-refractivity contribution in [1.29, 1.82) is 0 Å². The highest BCUT2D eigenvalue weighted by atomic mass is 16.5. The van der Waals surface area contributed by atoms with Gasteiger partial charge in [-0.1, -0.05) is 23.4 Å². The summed E-state index contributed by atoms with van der Waals surface area (Å²) >= 11 is 0. The molecule has 128 valence electrons. The Morgan fingerprint density at radius 1 is 1.42 bits per heavy atom. The predicted molar refractivity (Wildman–Crippen MR) is 91.0 cm³/mol. The van der Waals surface area contributed by atoms with E-state index in [1.807, 2.05) is 6.07 Å². The van der Waals surface area contributed by atoms with Crippen LogP contribution >= 0.6 is 0 Å². The molecule has 24 heavy (non-hydrogen) atoms. The van der Waals surface area contributed by atoms with Gasteiger partial charge in [-0.2, -0.15) is 0 Å². The number of aliphatic hydroxyl groups excluding tert-OH is 1. The smallest absolute Gasteiger partial charge is 0.273 e. The molecule has 1 saturated heterocycles. The van der Waals surface area contributed by atoms with Crippen LogP contribution in [0.3, 0.4) is 0 Å². The first-order valence-electron chi connectivity index (χ1n) is 8.25. The molecule has 0 aliphatic carbocycles. The van der Waals surface area contributed by atoms with Crippen LogP contribution in [-0.2, 0) is 6.61 Å². The number of aromatic nitrogens is 1. The van der Waals surface area contributed by atoms with E-state index in [9.17, 15) is 9.90 Å². The maximum Gasteiger partial charge on any atom is 0.273 e. The zero-order chi connectivity index (χ0) is 17.1. The van der Waals surface area contributed by atoms with E-state index < -0.39 is 0 Å². The number of nitrogens with one attached hydrogen (secondary N) is 1. The van der Waals surface area contributed by atoms with E-state index in [0.29, 0.717) is 23.8 Å². The minimum absolute atomic E-state index is 0.184. The summed E-state index contributed by atoms with van der Waals surface area (Å²) in [6, 6.07) is 8.36. The molecule has 0 unspecified atom stereocenters. The Kier molecular flexibility index (Phi) is 4.85. The lowest BCUT2D eigenvalue weighted by molar-refractivity contribution is 0.0936. The normalized spacial score (nSPS) is 17.3. The number of aryl methyl sites for hydroxylation is 2. The van der Waals surface area contributed by atoms with Gasteiger partial charge in [0.2, 0.25) is 0 Å². The third-order valence-electron chi connectivity index (χ3n) is 4.65. The van der Waals surface area contributed by atoms with Crippen LogP contribution in [0.25, 0.3) is 0 Å². The second-order valence-electron chi connectivity index (χ2n) is 6.32. The molecule has 2 N–H and O–H groups in total. The van der Waals surface area contributed by atoms with Gasteiger partial charge in [0.05, 0.1) is 12.2 Å². The number of carbonyl (C=O) groups excluding carboxylic acids is 1. The molecule has 1 fully saturated rings. The highest BCUT2D eigenvalue weighted by molar-refractivity contribution is 5.93. The molecule has 1 aromatic carbocycles. The molecule has 0 spiro atoms. The van der Waals surface area contributed by atoms with Crippen LogP contribution in [0.2, 0.25) is 0 Å². The summed E-state index contributed by atoms with van der Waals surface area (Å²) in [6.07, 6.45) is 1.04. The van der Waals surface area contributed by atoms with Crippen molar-refractivity contribution in [2.75, 3.05) is 24.5 Å². The lowest BCUT2D eigenvalue weighted by Gasteiger charge is -2.21. The van der Waals surface area contributed by atoms with Crippen molar-refractivity contribution in [1.82, 2.24) is 10.5 Å². The molecule has 6 heteroatoms. The van der Waals surface area contributed by atoms with E-state index in [-0.39, 0.29) is 18.2 Å². The van der Waals surface area contributed by atoms with E-state index in [0.717, 1.165) is 19.5 Å². The second-order valence-corrected chi connectivity index (χ2v) is 6.32. The standard InChI is InChI=1S/C18H23N3O3/c1-12-5-3-4-6-16(12)21-8-7-14(10-21)9-19-18(23)17-15(11-22)13(2)24-20-17/h3-6,14,22H,7-11H2,1-2H3,(H,19,23)/t14-/m1/s1. The maximum absolute atomic E-state index is 12.2. The summed E-state index contributed by atoms with van der Waals surface area (Å²) in [5, 5.41) is 16.0. The topological polar surface area (TPSA) is 78.6 Å². The van der Waals surface area contributed by atoms with Crippen LogP contribution in [0.15, 0.2) is 28.8 Å². The van der Waals surface area contributed by atoms with E-state index in [4.69, 9.17) is 4.52 Å². The van der Waals surface area contributed by atoms with E-state index in [2.05, 4.69) is 40.5 Å². The number of hydrogen-bond acceptors (Lipinski definition) is 5.